The Morgan fingerprint density at radius 1 is 1.12 bits per heavy atom. The maximum Gasteiger partial charge on any atom is 0.243 e. The van der Waals surface area contributed by atoms with Gasteiger partial charge < -0.3 is 20.6 Å². The molecule has 0 bridgehead atoms. The average molecular weight is 353 g/mol. The second-order valence-corrected chi connectivity index (χ2v) is 6.69. The molecule has 0 spiro atoms. The van der Waals surface area contributed by atoms with E-state index in [9.17, 15) is 9.90 Å². The molecule has 1 amide bonds. The zero-order chi connectivity index (χ0) is 18.4. The lowest BCUT2D eigenvalue weighted by Gasteiger charge is -2.32. The molecule has 2 aromatic rings. The van der Waals surface area contributed by atoms with Crippen LogP contribution >= 0.6 is 0 Å². The fourth-order valence-electron chi connectivity index (χ4n) is 3.21. The van der Waals surface area contributed by atoms with E-state index in [1.807, 2.05) is 42.5 Å². The van der Waals surface area contributed by atoms with Crippen molar-refractivity contribution >= 4 is 23.0 Å². The molecule has 5 heteroatoms. The Kier molecular flexibility index (Phi) is 6.12. The van der Waals surface area contributed by atoms with Crippen LogP contribution in [-0.4, -0.2) is 36.8 Å². The van der Waals surface area contributed by atoms with E-state index in [0.29, 0.717) is 0 Å². The number of hydrogen-bond acceptors (Lipinski definition) is 4. The van der Waals surface area contributed by atoms with Crippen molar-refractivity contribution in [2.24, 2.45) is 0 Å². The number of carbonyl (C=O) groups is 1. The number of aliphatic hydroxyl groups is 1. The number of anilines is 3. The molecule has 3 N–H and O–H groups in total. The normalized spacial score (nSPS) is 14.9. The lowest BCUT2D eigenvalue weighted by atomic mass is 10.1. The van der Waals surface area contributed by atoms with Crippen LogP contribution in [0.4, 0.5) is 17.1 Å². The van der Waals surface area contributed by atoms with Crippen LogP contribution in [-0.2, 0) is 11.2 Å². The quantitative estimate of drug-likeness (QED) is 0.746. The average Bonchev–Trinajstić information content (AvgIpc) is 2.68. The largest absolute Gasteiger partial charge is 0.393 e. The van der Waals surface area contributed by atoms with Crippen LogP contribution in [0.2, 0.25) is 0 Å². The van der Waals surface area contributed by atoms with Crippen molar-refractivity contribution in [3.05, 3.63) is 54.1 Å². The fourth-order valence-corrected chi connectivity index (χ4v) is 3.21. The van der Waals surface area contributed by atoms with E-state index in [1.54, 1.807) is 0 Å². The number of amides is 1. The minimum Gasteiger partial charge on any atom is -0.393 e. The Morgan fingerprint density at radius 3 is 2.50 bits per heavy atom. The highest BCUT2D eigenvalue weighted by Crippen LogP contribution is 2.28. The van der Waals surface area contributed by atoms with Gasteiger partial charge in [0.1, 0.15) is 0 Å². The van der Waals surface area contributed by atoms with Gasteiger partial charge in [-0.15, -0.1) is 0 Å². The van der Waals surface area contributed by atoms with Crippen molar-refractivity contribution in [2.75, 3.05) is 35.2 Å². The molecule has 0 aliphatic carbocycles. The molecule has 1 heterocycles. The Balaban J connectivity index is 1.58. The minimum atomic E-state index is -0.198. The van der Waals surface area contributed by atoms with Gasteiger partial charge in [-0.1, -0.05) is 31.2 Å². The summed E-state index contributed by atoms with van der Waals surface area (Å²) in [6.45, 7) is 3.98. The number of rotatable bonds is 6. The van der Waals surface area contributed by atoms with Gasteiger partial charge in [-0.3, -0.25) is 4.79 Å². The molecule has 1 aliphatic rings. The third kappa shape index (κ3) is 4.76. The number of piperidine rings is 1. The molecule has 138 valence electrons. The predicted octanol–water partition coefficient (Wildman–Crippen LogP) is 3.26. The summed E-state index contributed by atoms with van der Waals surface area (Å²) in [4.78, 5) is 14.5. The van der Waals surface area contributed by atoms with Gasteiger partial charge in [0.2, 0.25) is 5.91 Å². The summed E-state index contributed by atoms with van der Waals surface area (Å²) in [6.07, 6.45) is 2.35. The first-order valence-corrected chi connectivity index (χ1v) is 9.30. The first-order valence-electron chi connectivity index (χ1n) is 9.30. The van der Waals surface area contributed by atoms with Gasteiger partial charge in [-0.2, -0.15) is 0 Å². The van der Waals surface area contributed by atoms with Crippen LogP contribution < -0.4 is 15.5 Å². The molecule has 0 aromatic heterocycles. The number of aryl methyl sites for hydroxylation is 1. The van der Waals surface area contributed by atoms with Gasteiger partial charge in [0, 0.05) is 18.8 Å². The fraction of sp³-hybridized carbons (Fsp3) is 0.381. The summed E-state index contributed by atoms with van der Waals surface area (Å²) in [5, 5.41) is 15.9. The Hall–Kier alpha value is -2.53. The van der Waals surface area contributed by atoms with Gasteiger partial charge in [0.15, 0.2) is 0 Å². The molecule has 0 atom stereocenters. The smallest absolute Gasteiger partial charge is 0.243 e. The zero-order valence-corrected chi connectivity index (χ0v) is 15.2. The summed E-state index contributed by atoms with van der Waals surface area (Å²) in [7, 11) is 0. The Labute approximate surface area is 155 Å². The molecule has 3 rings (SSSR count). The molecule has 1 aliphatic heterocycles. The monoisotopic (exact) mass is 353 g/mol. The second kappa shape index (κ2) is 8.72. The molecule has 26 heavy (non-hydrogen) atoms. The summed E-state index contributed by atoms with van der Waals surface area (Å²) < 4.78 is 0. The molecule has 1 saturated heterocycles. The van der Waals surface area contributed by atoms with Crippen molar-refractivity contribution in [1.29, 1.82) is 0 Å². The number of para-hydroxylation sites is 2. The van der Waals surface area contributed by atoms with Crippen LogP contribution in [0.25, 0.3) is 0 Å². The first kappa shape index (κ1) is 18.3. The van der Waals surface area contributed by atoms with E-state index in [4.69, 9.17) is 0 Å². The lowest BCUT2D eigenvalue weighted by molar-refractivity contribution is -0.114. The van der Waals surface area contributed by atoms with Gasteiger partial charge in [0.05, 0.1) is 24.0 Å². The third-order valence-electron chi connectivity index (χ3n) is 4.79. The summed E-state index contributed by atoms with van der Waals surface area (Å²) in [6, 6.07) is 15.9. The van der Waals surface area contributed by atoms with Crippen LogP contribution in [0.5, 0.6) is 0 Å². The van der Waals surface area contributed by atoms with Crippen molar-refractivity contribution < 1.29 is 9.90 Å². The number of nitrogens with zero attached hydrogens (tertiary/aromatic N) is 1. The molecule has 0 saturated carbocycles. The van der Waals surface area contributed by atoms with E-state index >= 15 is 0 Å². The molecule has 0 radical (unpaired) electrons. The summed E-state index contributed by atoms with van der Waals surface area (Å²) in [5.41, 5.74) is 4.09. The van der Waals surface area contributed by atoms with Gasteiger partial charge in [-0.05, 0) is 49.1 Å². The minimum absolute atomic E-state index is 0.0712. The van der Waals surface area contributed by atoms with Crippen LogP contribution in [0.1, 0.15) is 25.3 Å². The van der Waals surface area contributed by atoms with Crippen molar-refractivity contribution in [3.8, 4) is 0 Å². The van der Waals surface area contributed by atoms with Crippen LogP contribution in [0, 0.1) is 0 Å². The van der Waals surface area contributed by atoms with Crippen LogP contribution in [0.15, 0.2) is 48.5 Å². The van der Waals surface area contributed by atoms with Crippen LogP contribution in [0.3, 0.4) is 0 Å². The lowest BCUT2D eigenvalue weighted by Crippen LogP contribution is -2.36. The van der Waals surface area contributed by atoms with Crippen molar-refractivity contribution in [3.63, 3.8) is 0 Å². The van der Waals surface area contributed by atoms with E-state index in [0.717, 1.165) is 49.4 Å². The second-order valence-electron chi connectivity index (χ2n) is 6.69. The van der Waals surface area contributed by atoms with Gasteiger partial charge in [-0.25, -0.2) is 0 Å². The SMILES string of the molecule is CCc1ccc(NC(=O)CNc2ccccc2N2CCC(O)CC2)cc1. The van der Waals surface area contributed by atoms with Crippen molar-refractivity contribution in [1.82, 2.24) is 0 Å². The van der Waals surface area contributed by atoms with Gasteiger partial charge in [0.25, 0.3) is 0 Å². The number of nitrogens with one attached hydrogen (secondary N) is 2. The maximum atomic E-state index is 12.3. The van der Waals surface area contributed by atoms with Crippen molar-refractivity contribution in [2.45, 2.75) is 32.3 Å². The number of aliphatic hydroxyl groups excluding tert-OH is 1. The standard InChI is InChI=1S/C21H27N3O2/c1-2-16-7-9-17(10-8-16)23-21(26)15-22-19-5-3-4-6-20(19)24-13-11-18(25)12-14-24/h3-10,18,22,25H,2,11-15H2,1H3,(H,23,26). The molecule has 2 aromatic carbocycles. The maximum absolute atomic E-state index is 12.3. The van der Waals surface area contributed by atoms with Gasteiger partial charge >= 0.3 is 0 Å². The molecular weight excluding hydrogens is 326 g/mol. The molecule has 1 fully saturated rings. The summed E-state index contributed by atoms with van der Waals surface area (Å²) in [5.74, 6) is -0.0712. The Morgan fingerprint density at radius 2 is 1.81 bits per heavy atom. The van der Waals surface area contributed by atoms with E-state index in [1.165, 1.54) is 5.56 Å². The molecule has 5 nitrogen and oxygen atoms in total. The topological polar surface area (TPSA) is 64.6 Å². The predicted molar refractivity (Wildman–Crippen MR) is 107 cm³/mol. The zero-order valence-electron chi connectivity index (χ0n) is 15.2. The molecular formula is C21H27N3O2. The molecule has 0 unspecified atom stereocenters. The summed E-state index contributed by atoms with van der Waals surface area (Å²) >= 11 is 0. The van der Waals surface area contributed by atoms with E-state index in [-0.39, 0.29) is 18.6 Å². The third-order valence-corrected chi connectivity index (χ3v) is 4.79. The highest BCUT2D eigenvalue weighted by molar-refractivity contribution is 5.94. The Bertz CT molecular complexity index is 722. The highest BCUT2D eigenvalue weighted by atomic mass is 16.3. The number of benzene rings is 2. The first-order chi connectivity index (χ1) is 12.7. The van der Waals surface area contributed by atoms with E-state index < -0.39 is 0 Å². The number of hydrogen-bond donors (Lipinski definition) is 3. The highest BCUT2D eigenvalue weighted by Gasteiger charge is 2.19. The number of carbonyl (C=O) groups excluding carboxylic acids is 1. The van der Waals surface area contributed by atoms with E-state index in [2.05, 4.69) is 28.5 Å².